The second-order valence-electron chi connectivity index (χ2n) is 4.28. The van der Waals surface area contributed by atoms with Gasteiger partial charge in [0.25, 0.3) is 0 Å². The summed E-state index contributed by atoms with van der Waals surface area (Å²) in [6.07, 6.45) is 3.80. The highest BCUT2D eigenvalue weighted by Crippen LogP contribution is 2.20. The number of benzene rings is 1. The van der Waals surface area contributed by atoms with Gasteiger partial charge in [-0.05, 0) is 42.7 Å². The summed E-state index contributed by atoms with van der Waals surface area (Å²) in [6.45, 7) is 1.91. The van der Waals surface area contributed by atoms with Crippen molar-refractivity contribution >= 4 is 15.9 Å². The fourth-order valence-electron chi connectivity index (χ4n) is 1.73. The van der Waals surface area contributed by atoms with E-state index in [-0.39, 0.29) is 11.9 Å². The molecule has 0 saturated heterocycles. The van der Waals surface area contributed by atoms with E-state index >= 15 is 0 Å². The average molecular weight is 325 g/mol. The van der Waals surface area contributed by atoms with E-state index in [2.05, 4.69) is 31.3 Å². The van der Waals surface area contributed by atoms with Crippen molar-refractivity contribution in [3.63, 3.8) is 0 Å². The highest BCUT2D eigenvalue weighted by molar-refractivity contribution is 9.10. The summed E-state index contributed by atoms with van der Waals surface area (Å²) in [6, 6.07) is 4.48. The van der Waals surface area contributed by atoms with Crippen molar-refractivity contribution in [1.29, 1.82) is 0 Å². The maximum atomic E-state index is 13.7. The van der Waals surface area contributed by atoms with Crippen molar-refractivity contribution < 1.29 is 4.39 Å². The lowest BCUT2D eigenvalue weighted by atomic mass is 10.1. The molecular weight excluding hydrogens is 311 g/mol. The van der Waals surface area contributed by atoms with Crippen LogP contribution in [0.4, 0.5) is 4.39 Å². The van der Waals surface area contributed by atoms with Crippen molar-refractivity contribution in [3.05, 3.63) is 57.8 Å². The molecule has 1 unspecified atom stereocenters. The fraction of sp³-hybridized carbons (Fsp3) is 0.231. The number of nitrogens with two attached hydrogens (primary N) is 1. The Bertz CT molecular complexity index is 559. The minimum atomic E-state index is -0.329. The Labute approximate surface area is 119 Å². The molecule has 19 heavy (non-hydrogen) atoms. The maximum Gasteiger partial charge on any atom is 0.146 e. The molecule has 2 rings (SSSR count). The topological polar surface area (TPSA) is 63.8 Å². The lowest BCUT2D eigenvalue weighted by Gasteiger charge is -2.15. The van der Waals surface area contributed by atoms with Gasteiger partial charge < -0.3 is 0 Å². The number of hydrogen-bond donors (Lipinski definition) is 2. The third-order valence-electron chi connectivity index (χ3n) is 2.75. The van der Waals surface area contributed by atoms with Gasteiger partial charge in [0.05, 0.1) is 6.04 Å². The van der Waals surface area contributed by atoms with Crippen LogP contribution in [-0.4, -0.2) is 9.97 Å². The summed E-state index contributed by atoms with van der Waals surface area (Å²) in [4.78, 5) is 8.42. The summed E-state index contributed by atoms with van der Waals surface area (Å²) in [5, 5.41) is 0. The van der Waals surface area contributed by atoms with Gasteiger partial charge in [0, 0.05) is 16.9 Å². The number of hydrogen-bond acceptors (Lipinski definition) is 4. The zero-order chi connectivity index (χ0) is 13.8. The third kappa shape index (κ3) is 3.56. The standard InChI is InChI=1S/C13H14BrFN4/c1-8-6-17-13(18-7-8)12(19-16)5-9-4-10(14)2-3-11(9)15/h2-4,6-7,12,19H,5,16H2,1H3. The number of nitrogens with zero attached hydrogens (tertiary/aromatic N) is 2. The number of halogens is 2. The van der Waals surface area contributed by atoms with E-state index < -0.39 is 0 Å². The van der Waals surface area contributed by atoms with Crippen LogP contribution in [0.5, 0.6) is 0 Å². The van der Waals surface area contributed by atoms with E-state index in [0.29, 0.717) is 17.8 Å². The van der Waals surface area contributed by atoms with Gasteiger partial charge in [-0.3, -0.25) is 5.84 Å². The third-order valence-corrected chi connectivity index (χ3v) is 3.24. The van der Waals surface area contributed by atoms with Crippen LogP contribution in [-0.2, 0) is 6.42 Å². The summed E-state index contributed by atoms with van der Waals surface area (Å²) in [5.74, 6) is 5.80. The van der Waals surface area contributed by atoms with Crippen molar-refractivity contribution in [3.8, 4) is 0 Å². The molecule has 1 heterocycles. The number of rotatable bonds is 4. The van der Waals surface area contributed by atoms with Crippen LogP contribution in [0.3, 0.4) is 0 Å². The van der Waals surface area contributed by atoms with E-state index in [0.717, 1.165) is 10.0 Å². The monoisotopic (exact) mass is 324 g/mol. The van der Waals surface area contributed by atoms with Crippen LogP contribution < -0.4 is 11.3 Å². The Balaban J connectivity index is 2.23. The quantitative estimate of drug-likeness (QED) is 0.669. The van der Waals surface area contributed by atoms with Crippen molar-refractivity contribution in [2.75, 3.05) is 0 Å². The molecule has 3 N–H and O–H groups in total. The molecule has 0 fully saturated rings. The van der Waals surface area contributed by atoms with E-state index in [4.69, 9.17) is 5.84 Å². The summed E-state index contributed by atoms with van der Waals surface area (Å²) >= 11 is 3.32. The van der Waals surface area contributed by atoms with Gasteiger partial charge in [-0.15, -0.1) is 0 Å². The van der Waals surface area contributed by atoms with Gasteiger partial charge >= 0.3 is 0 Å². The number of aromatic nitrogens is 2. The predicted molar refractivity (Wildman–Crippen MR) is 74.6 cm³/mol. The molecule has 1 atom stereocenters. The molecule has 0 spiro atoms. The number of hydrazine groups is 1. The minimum absolute atomic E-state index is 0.268. The predicted octanol–water partition coefficient (Wildman–Crippen LogP) is 2.43. The summed E-state index contributed by atoms with van der Waals surface area (Å²) < 4.78 is 14.5. The lowest BCUT2D eigenvalue weighted by molar-refractivity contribution is 0.505. The minimum Gasteiger partial charge on any atom is -0.271 e. The molecule has 0 amide bonds. The molecule has 6 heteroatoms. The smallest absolute Gasteiger partial charge is 0.146 e. The van der Waals surface area contributed by atoms with Crippen LogP contribution in [0.25, 0.3) is 0 Å². The molecule has 0 saturated carbocycles. The first kappa shape index (κ1) is 14.0. The average Bonchev–Trinajstić information content (AvgIpc) is 2.41. The van der Waals surface area contributed by atoms with Gasteiger partial charge in [0.2, 0.25) is 0 Å². The maximum absolute atomic E-state index is 13.7. The Morgan fingerprint density at radius 2 is 2.05 bits per heavy atom. The van der Waals surface area contributed by atoms with Crippen molar-refractivity contribution in [2.45, 2.75) is 19.4 Å². The number of aryl methyl sites for hydroxylation is 1. The first-order valence-electron chi connectivity index (χ1n) is 5.78. The van der Waals surface area contributed by atoms with E-state index in [1.165, 1.54) is 6.07 Å². The van der Waals surface area contributed by atoms with E-state index in [1.54, 1.807) is 24.5 Å². The second-order valence-corrected chi connectivity index (χ2v) is 5.19. The van der Waals surface area contributed by atoms with E-state index in [1.807, 2.05) is 6.92 Å². The molecule has 0 radical (unpaired) electrons. The van der Waals surface area contributed by atoms with Gasteiger partial charge in [0.1, 0.15) is 11.6 Å². The highest BCUT2D eigenvalue weighted by atomic mass is 79.9. The molecule has 0 aliphatic heterocycles. The zero-order valence-electron chi connectivity index (χ0n) is 10.4. The van der Waals surface area contributed by atoms with Gasteiger partial charge in [-0.25, -0.2) is 19.8 Å². The normalized spacial score (nSPS) is 12.4. The molecule has 0 aliphatic carbocycles. The summed E-state index contributed by atoms with van der Waals surface area (Å²) in [7, 11) is 0. The Hall–Kier alpha value is -1.37. The zero-order valence-corrected chi connectivity index (χ0v) is 12.0. The highest BCUT2D eigenvalue weighted by Gasteiger charge is 2.16. The SMILES string of the molecule is Cc1cnc(C(Cc2cc(Br)ccc2F)NN)nc1. The van der Waals surface area contributed by atoms with Crippen LogP contribution in [0.1, 0.15) is 23.0 Å². The first-order valence-corrected chi connectivity index (χ1v) is 6.58. The van der Waals surface area contributed by atoms with Crippen molar-refractivity contribution in [1.82, 2.24) is 15.4 Å². The molecule has 2 aromatic rings. The van der Waals surface area contributed by atoms with Crippen LogP contribution in [0, 0.1) is 12.7 Å². The van der Waals surface area contributed by atoms with Crippen molar-refractivity contribution in [2.24, 2.45) is 5.84 Å². The van der Waals surface area contributed by atoms with Crippen LogP contribution in [0.15, 0.2) is 35.1 Å². The van der Waals surface area contributed by atoms with E-state index in [9.17, 15) is 4.39 Å². The van der Waals surface area contributed by atoms with Crippen LogP contribution in [0.2, 0.25) is 0 Å². The van der Waals surface area contributed by atoms with Crippen LogP contribution >= 0.6 is 15.9 Å². The molecule has 0 aliphatic rings. The second kappa shape index (κ2) is 6.18. The molecule has 1 aromatic carbocycles. The Morgan fingerprint density at radius 1 is 1.37 bits per heavy atom. The molecule has 1 aromatic heterocycles. The number of nitrogens with one attached hydrogen (secondary N) is 1. The van der Waals surface area contributed by atoms with Gasteiger partial charge in [-0.2, -0.15) is 0 Å². The molecular formula is C13H14BrFN4. The fourth-order valence-corrected chi connectivity index (χ4v) is 2.14. The largest absolute Gasteiger partial charge is 0.271 e. The molecule has 4 nitrogen and oxygen atoms in total. The van der Waals surface area contributed by atoms with Gasteiger partial charge in [0.15, 0.2) is 0 Å². The molecule has 0 bridgehead atoms. The van der Waals surface area contributed by atoms with Gasteiger partial charge in [-0.1, -0.05) is 15.9 Å². The summed E-state index contributed by atoms with van der Waals surface area (Å²) in [5.41, 5.74) is 4.15. The Morgan fingerprint density at radius 3 is 2.68 bits per heavy atom. The Kier molecular flexibility index (Phi) is 4.57. The first-order chi connectivity index (χ1) is 9.10. The molecule has 100 valence electrons. The lowest BCUT2D eigenvalue weighted by Crippen LogP contribution is -2.31.